The quantitative estimate of drug-likeness (QED) is 0.778. The average molecular weight is 256 g/mol. The predicted molar refractivity (Wildman–Crippen MR) is 68.4 cm³/mol. The highest BCUT2D eigenvalue weighted by Gasteiger charge is 2.29. The Morgan fingerprint density at radius 2 is 2.06 bits per heavy atom. The van der Waals surface area contributed by atoms with Crippen molar-refractivity contribution in [3.63, 3.8) is 0 Å². The van der Waals surface area contributed by atoms with Crippen LogP contribution < -0.4 is 5.32 Å². The molecule has 1 saturated carbocycles. The topological polar surface area (TPSA) is 61.8 Å². The van der Waals surface area contributed by atoms with Gasteiger partial charge in [0, 0.05) is 12.6 Å². The molecule has 2 unspecified atom stereocenters. The van der Waals surface area contributed by atoms with Crippen molar-refractivity contribution in [3.05, 3.63) is 0 Å². The SMILES string of the molecule is CC1CN(C(=O)NC2CCCCC2)CC(CO)O1. The Balaban J connectivity index is 1.83. The Morgan fingerprint density at radius 1 is 1.33 bits per heavy atom. The molecule has 1 heterocycles. The van der Waals surface area contributed by atoms with Gasteiger partial charge in [-0.2, -0.15) is 0 Å². The number of urea groups is 1. The summed E-state index contributed by atoms with van der Waals surface area (Å²) in [4.78, 5) is 13.9. The van der Waals surface area contributed by atoms with Gasteiger partial charge < -0.3 is 20.1 Å². The van der Waals surface area contributed by atoms with E-state index in [-0.39, 0.29) is 24.8 Å². The van der Waals surface area contributed by atoms with Crippen molar-refractivity contribution >= 4 is 6.03 Å². The van der Waals surface area contributed by atoms with Crippen LogP contribution in [0, 0.1) is 0 Å². The molecule has 1 aliphatic carbocycles. The predicted octanol–water partition coefficient (Wildman–Crippen LogP) is 1.11. The monoisotopic (exact) mass is 256 g/mol. The van der Waals surface area contributed by atoms with E-state index in [9.17, 15) is 4.79 Å². The fraction of sp³-hybridized carbons (Fsp3) is 0.923. The maximum atomic E-state index is 12.2. The first-order valence-corrected chi connectivity index (χ1v) is 7.01. The molecule has 18 heavy (non-hydrogen) atoms. The van der Waals surface area contributed by atoms with E-state index < -0.39 is 0 Å². The van der Waals surface area contributed by atoms with Crippen molar-refractivity contribution in [2.75, 3.05) is 19.7 Å². The summed E-state index contributed by atoms with van der Waals surface area (Å²) in [6, 6.07) is 0.326. The number of hydrogen-bond donors (Lipinski definition) is 2. The fourth-order valence-corrected chi connectivity index (χ4v) is 2.82. The Morgan fingerprint density at radius 3 is 2.72 bits per heavy atom. The van der Waals surface area contributed by atoms with E-state index in [4.69, 9.17) is 9.84 Å². The standard InChI is InChI=1S/C13H24N2O3/c1-10-7-15(8-12(9-16)18-10)13(17)14-11-5-3-2-4-6-11/h10-12,16H,2-9H2,1H3,(H,14,17). The van der Waals surface area contributed by atoms with Crippen LogP contribution in [0.3, 0.4) is 0 Å². The maximum absolute atomic E-state index is 12.2. The van der Waals surface area contributed by atoms with Gasteiger partial charge in [-0.15, -0.1) is 0 Å². The van der Waals surface area contributed by atoms with Crippen LogP contribution >= 0.6 is 0 Å². The molecule has 104 valence electrons. The minimum Gasteiger partial charge on any atom is -0.394 e. The van der Waals surface area contributed by atoms with Crippen molar-refractivity contribution in [1.82, 2.24) is 10.2 Å². The lowest BCUT2D eigenvalue weighted by Crippen LogP contribution is -2.55. The molecule has 5 nitrogen and oxygen atoms in total. The van der Waals surface area contributed by atoms with Crippen LogP contribution in [0.25, 0.3) is 0 Å². The normalized spacial score (nSPS) is 30.2. The van der Waals surface area contributed by atoms with Crippen LogP contribution in [0.4, 0.5) is 4.79 Å². The van der Waals surface area contributed by atoms with Crippen LogP contribution in [-0.4, -0.2) is 54.0 Å². The summed E-state index contributed by atoms with van der Waals surface area (Å²) in [6.07, 6.45) is 5.64. The number of nitrogens with zero attached hydrogens (tertiary/aromatic N) is 1. The highest BCUT2D eigenvalue weighted by Crippen LogP contribution is 2.18. The second kappa shape index (κ2) is 6.38. The summed E-state index contributed by atoms with van der Waals surface area (Å²) in [7, 11) is 0. The van der Waals surface area contributed by atoms with E-state index in [2.05, 4.69) is 5.32 Å². The summed E-state index contributed by atoms with van der Waals surface area (Å²) < 4.78 is 5.53. The first kappa shape index (κ1) is 13.6. The summed E-state index contributed by atoms with van der Waals surface area (Å²) >= 11 is 0. The van der Waals surface area contributed by atoms with Crippen molar-refractivity contribution in [2.24, 2.45) is 0 Å². The van der Waals surface area contributed by atoms with Gasteiger partial charge in [-0.3, -0.25) is 0 Å². The van der Waals surface area contributed by atoms with Gasteiger partial charge in [0.05, 0.1) is 25.4 Å². The van der Waals surface area contributed by atoms with E-state index >= 15 is 0 Å². The number of carbonyl (C=O) groups excluding carboxylic acids is 1. The van der Waals surface area contributed by atoms with E-state index in [1.807, 2.05) is 6.92 Å². The maximum Gasteiger partial charge on any atom is 0.317 e. The first-order valence-electron chi connectivity index (χ1n) is 7.01. The third-order valence-corrected chi connectivity index (χ3v) is 3.75. The average Bonchev–Trinajstić information content (AvgIpc) is 2.39. The second-order valence-electron chi connectivity index (χ2n) is 5.44. The molecule has 2 fully saturated rings. The Kier molecular flexibility index (Phi) is 4.83. The molecular formula is C13H24N2O3. The smallest absolute Gasteiger partial charge is 0.317 e. The summed E-state index contributed by atoms with van der Waals surface area (Å²) in [6.45, 7) is 2.99. The van der Waals surface area contributed by atoms with Crippen molar-refractivity contribution in [1.29, 1.82) is 0 Å². The van der Waals surface area contributed by atoms with Crippen LogP contribution in [0.2, 0.25) is 0 Å². The number of aliphatic hydroxyl groups excluding tert-OH is 1. The molecule has 0 radical (unpaired) electrons. The third-order valence-electron chi connectivity index (χ3n) is 3.75. The highest BCUT2D eigenvalue weighted by atomic mass is 16.5. The van der Waals surface area contributed by atoms with Crippen LogP contribution in [0.1, 0.15) is 39.0 Å². The van der Waals surface area contributed by atoms with Gasteiger partial charge >= 0.3 is 6.03 Å². The third kappa shape index (κ3) is 3.59. The minimum absolute atomic E-state index is 0.00417. The fourth-order valence-electron chi connectivity index (χ4n) is 2.82. The Bertz CT molecular complexity index is 279. The van der Waals surface area contributed by atoms with E-state index in [0.717, 1.165) is 12.8 Å². The largest absolute Gasteiger partial charge is 0.394 e. The molecule has 0 bridgehead atoms. The Hall–Kier alpha value is -0.810. The molecule has 2 atom stereocenters. The van der Waals surface area contributed by atoms with Gasteiger partial charge in [0.2, 0.25) is 0 Å². The van der Waals surface area contributed by atoms with E-state index in [1.165, 1.54) is 19.3 Å². The van der Waals surface area contributed by atoms with Gasteiger partial charge in [0.25, 0.3) is 0 Å². The molecule has 5 heteroatoms. The zero-order valence-electron chi connectivity index (χ0n) is 11.1. The van der Waals surface area contributed by atoms with Crippen LogP contribution in [-0.2, 0) is 4.74 Å². The summed E-state index contributed by atoms with van der Waals surface area (Å²) in [5.74, 6) is 0. The van der Waals surface area contributed by atoms with Gasteiger partial charge in [0.1, 0.15) is 0 Å². The van der Waals surface area contributed by atoms with E-state index in [1.54, 1.807) is 4.90 Å². The van der Waals surface area contributed by atoms with Crippen molar-refractivity contribution < 1.29 is 14.6 Å². The zero-order chi connectivity index (χ0) is 13.0. The lowest BCUT2D eigenvalue weighted by Gasteiger charge is -2.37. The number of amides is 2. The summed E-state index contributed by atoms with van der Waals surface area (Å²) in [5.41, 5.74) is 0. The zero-order valence-corrected chi connectivity index (χ0v) is 11.1. The number of morpholine rings is 1. The highest BCUT2D eigenvalue weighted by molar-refractivity contribution is 5.74. The van der Waals surface area contributed by atoms with Gasteiger partial charge in [0.15, 0.2) is 0 Å². The molecule has 1 saturated heterocycles. The van der Waals surface area contributed by atoms with Gasteiger partial charge in [-0.1, -0.05) is 19.3 Å². The number of ether oxygens (including phenoxy) is 1. The molecule has 2 N–H and O–H groups in total. The number of carbonyl (C=O) groups is 1. The molecule has 0 spiro atoms. The molecule has 1 aliphatic heterocycles. The van der Waals surface area contributed by atoms with Crippen LogP contribution in [0.5, 0.6) is 0 Å². The first-order chi connectivity index (χ1) is 8.69. The number of hydrogen-bond acceptors (Lipinski definition) is 3. The summed E-state index contributed by atoms with van der Waals surface area (Å²) in [5, 5.41) is 12.2. The lowest BCUT2D eigenvalue weighted by molar-refractivity contribution is -0.0836. The molecule has 0 aromatic carbocycles. The van der Waals surface area contributed by atoms with Crippen molar-refractivity contribution in [2.45, 2.75) is 57.3 Å². The Labute approximate surface area is 108 Å². The van der Waals surface area contributed by atoms with Gasteiger partial charge in [-0.25, -0.2) is 4.79 Å². The molecule has 2 aliphatic rings. The number of nitrogens with one attached hydrogen (secondary N) is 1. The molecular weight excluding hydrogens is 232 g/mol. The molecule has 0 aromatic heterocycles. The number of aliphatic hydroxyl groups is 1. The van der Waals surface area contributed by atoms with E-state index in [0.29, 0.717) is 19.1 Å². The molecule has 2 amide bonds. The van der Waals surface area contributed by atoms with Crippen molar-refractivity contribution in [3.8, 4) is 0 Å². The molecule has 0 aromatic rings. The lowest BCUT2D eigenvalue weighted by atomic mass is 9.96. The minimum atomic E-state index is -0.245. The van der Waals surface area contributed by atoms with Crippen LogP contribution in [0.15, 0.2) is 0 Å². The molecule has 2 rings (SSSR count). The second-order valence-corrected chi connectivity index (χ2v) is 5.44. The van der Waals surface area contributed by atoms with Gasteiger partial charge in [-0.05, 0) is 19.8 Å². The number of rotatable bonds is 2.